The lowest BCUT2D eigenvalue weighted by molar-refractivity contribution is -0.151. The lowest BCUT2D eigenvalue weighted by Gasteiger charge is -2.41. The van der Waals surface area contributed by atoms with Gasteiger partial charge in [-0.25, -0.2) is 4.79 Å². The molecule has 18 heavy (non-hydrogen) atoms. The van der Waals surface area contributed by atoms with Gasteiger partial charge in [0.1, 0.15) is 12.2 Å². The minimum Gasteiger partial charge on any atom is -0.457 e. The summed E-state index contributed by atoms with van der Waals surface area (Å²) < 4.78 is 11.5. The van der Waals surface area contributed by atoms with E-state index < -0.39 is 26.1 Å². The topological polar surface area (TPSA) is 55.8 Å². The van der Waals surface area contributed by atoms with Crippen LogP contribution < -0.4 is 0 Å². The molecule has 2 rings (SSSR count). The molecule has 102 valence electrons. The number of carbonyl (C=O) groups is 1. The zero-order chi connectivity index (χ0) is 13.8. The van der Waals surface area contributed by atoms with Crippen molar-refractivity contribution in [3.63, 3.8) is 0 Å². The van der Waals surface area contributed by atoms with Crippen molar-refractivity contribution in [3.05, 3.63) is 12.2 Å². The molecule has 1 unspecified atom stereocenters. The smallest absolute Gasteiger partial charge is 0.341 e. The summed E-state index contributed by atoms with van der Waals surface area (Å²) in [6.45, 7) is 10.6. The van der Waals surface area contributed by atoms with Gasteiger partial charge in [0, 0.05) is 6.42 Å². The first-order valence-corrected chi connectivity index (χ1v) is 9.27. The van der Waals surface area contributed by atoms with E-state index in [1.54, 1.807) is 12.2 Å². The van der Waals surface area contributed by atoms with E-state index in [0.717, 1.165) is 0 Å². The van der Waals surface area contributed by atoms with E-state index in [2.05, 4.69) is 33.9 Å². The van der Waals surface area contributed by atoms with E-state index in [4.69, 9.17) is 9.16 Å². The van der Waals surface area contributed by atoms with Crippen molar-refractivity contribution in [1.82, 2.24) is 0 Å². The van der Waals surface area contributed by atoms with Crippen LogP contribution in [-0.2, 0) is 14.0 Å². The molecule has 1 fully saturated rings. The third-order valence-corrected chi connectivity index (χ3v) is 8.78. The molecule has 1 aliphatic carbocycles. The normalized spacial score (nSPS) is 35.8. The van der Waals surface area contributed by atoms with E-state index in [9.17, 15) is 9.90 Å². The van der Waals surface area contributed by atoms with Crippen molar-refractivity contribution in [2.75, 3.05) is 0 Å². The molecule has 0 radical (unpaired) electrons. The minimum absolute atomic E-state index is 0.0318. The summed E-state index contributed by atoms with van der Waals surface area (Å²) in [6, 6.07) is 0. The zero-order valence-electron chi connectivity index (χ0n) is 11.7. The highest BCUT2D eigenvalue weighted by Gasteiger charge is 2.56. The SMILES string of the molecule is CC(C)(C)[Si](C)(C)OC12C=C[C@@H](O)[C@@H](C1)OC2=O. The summed E-state index contributed by atoms with van der Waals surface area (Å²) in [5, 5.41) is 9.71. The number of rotatable bonds is 2. The van der Waals surface area contributed by atoms with Crippen LogP contribution in [0.4, 0.5) is 0 Å². The molecule has 0 aromatic heterocycles. The fourth-order valence-corrected chi connectivity index (χ4v) is 3.54. The number of carbonyl (C=O) groups excluding carboxylic acids is 1. The molecular weight excluding hydrogens is 248 g/mol. The average molecular weight is 270 g/mol. The standard InChI is InChI=1S/C13H22O4Si/c1-12(2,3)18(4,5)17-13-7-6-9(14)10(8-13)16-11(13)15/h6-7,9-10,14H,8H2,1-5H3/t9-,10-,13?/m1/s1. The summed E-state index contributed by atoms with van der Waals surface area (Å²) in [7, 11) is -2.06. The molecule has 0 aromatic carbocycles. The van der Waals surface area contributed by atoms with Gasteiger partial charge in [-0.2, -0.15) is 0 Å². The number of aliphatic hydroxyl groups is 1. The van der Waals surface area contributed by atoms with E-state index >= 15 is 0 Å². The molecule has 3 atom stereocenters. The Bertz CT molecular complexity index is 396. The number of hydrogen-bond donors (Lipinski definition) is 1. The summed E-state index contributed by atoms with van der Waals surface area (Å²) >= 11 is 0. The van der Waals surface area contributed by atoms with E-state index in [0.29, 0.717) is 6.42 Å². The van der Waals surface area contributed by atoms with E-state index in [-0.39, 0.29) is 11.0 Å². The number of aliphatic hydroxyl groups excluding tert-OH is 1. The Labute approximate surface area is 109 Å². The molecular formula is C13H22O4Si. The predicted octanol–water partition coefficient (Wildman–Crippen LogP) is 1.99. The Morgan fingerprint density at radius 3 is 2.67 bits per heavy atom. The lowest BCUT2D eigenvalue weighted by atomic mass is 9.91. The average Bonchev–Trinajstić information content (AvgIpc) is 2.45. The second-order valence-corrected chi connectivity index (χ2v) is 11.5. The Morgan fingerprint density at radius 1 is 1.50 bits per heavy atom. The molecule has 1 heterocycles. The van der Waals surface area contributed by atoms with Crippen LogP contribution in [0.25, 0.3) is 0 Å². The van der Waals surface area contributed by atoms with Gasteiger partial charge in [0.25, 0.3) is 0 Å². The third-order valence-electron chi connectivity index (χ3n) is 4.30. The molecule has 1 N–H and O–H groups in total. The molecule has 0 spiro atoms. The maximum atomic E-state index is 12.0. The molecule has 0 aromatic rings. The Morgan fingerprint density at radius 2 is 2.11 bits per heavy atom. The maximum absolute atomic E-state index is 12.0. The van der Waals surface area contributed by atoms with Crippen LogP contribution in [0.2, 0.25) is 18.1 Å². The maximum Gasteiger partial charge on any atom is 0.341 e. The highest BCUT2D eigenvalue weighted by Crippen LogP contribution is 2.44. The molecule has 5 heteroatoms. The first-order chi connectivity index (χ1) is 8.07. The van der Waals surface area contributed by atoms with Gasteiger partial charge in [-0.3, -0.25) is 0 Å². The Kier molecular flexibility index (Phi) is 3.00. The minimum atomic E-state index is -2.06. The quantitative estimate of drug-likeness (QED) is 0.474. The first kappa shape index (κ1) is 13.8. The van der Waals surface area contributed by atoms with Gasteiger partial charge in [-0.15, -0.1) is 0 Å². The van der Waals surface area contributed by atoms with Crippen molar-refractivity contribution >= 4 is 14.3 Å². The van der Waals surface area contributed by atoms with E-state index in [1.165, 1.54) is 0 Å². The molecule has 1 saturated heterocycles. The van der Waals surface area contributed by atoms with Gasteiger partial charge in [0.15, 0.2) is 13.9 Å². The van der Waals surface area contributed by atoms with Crippen LogP contribution in [0.3, 0.4) is 0 Å². The number of hydrogen-bond acceptors (Lipinski definition) is 4. The van der Waals surface area contributed by atoms with Crippen LogP contribution in [0.15, 0.2) is 12.2 Å². The molecule has 0 amide bonds. The van der Waals surface area contributed by atoms with Crippen LogP contribution in [0, 0.1) is 0 Å². The molecule has 4 nitrogen and oxygen atoms in total. The van der Waals surface area contributed by atoms with Gasteiger partial charge in [-0.1, -0.05) is 26.8 Å². The lowest BCUT2D eigenvalue weighted by Crippen LogP contribution is -2.52. The van der Waals surface area contributed by atoms with Crippen molar-refractivity contribution < 1.29 is 19.1 Å². The molecule has 2 aliphatic rings. The first-order valence-electron chi connectivity index (χ1n) is 6.36. The van der Waals surface area contributed by atoms with Gasteiger partial charge < -0.3 is 14.3 Å². The monoisotopic (exact) mass is 270 g/mol. The summed E-state index contributed by atoms with van der Waals surface area (Å²) in [6.07, 6.45) is 2.58. The summed E-state index contributed by atoms with van der Waals surface area (Å²) in [5.74, 6) is -0.356. The largest absolute Gasteiger partial charge is 0.457 e. The highest BCUT2D eigenvalue weighted by atomic mass is 28.4. The van der Waals surface area contributed by atoms with Crippen LogP contribution in [0.5, 0.6) is 0 Å². The van der Waals surface area contributed by atoms with Crippen molar-refractivity contribution in [3.8, 4) is 0 Å². The van der Waals surface area contributed by atoms with Crippen LogP contribution in [-0.4, -0.2) is 37.2 Å². The van der Waals surface area contributed by atoms with Crippen molar-refractivity contribution in [2.45, 2.75) is 63.1 Å². The second-order valence-electron chi connectivity index (χ2n) is 6.75. The fraction of sp³-hybridized carbons (Fsp3) is 0.769. The Balaban J connectivity index is 2.28. The predicted molar refractivity (Wildman–Crippen MR) is 70.7 cm³/mol. The van der Waals surface area contributed by atoms with Crippen molar-refractivity contribution in [1.29, 1.82) is 0 Å². The fourth-order valence-electron chi connectivity index (χ4n) is 2.09. The molecule has 0 saturated carbocycles. The van der Waals surface area contributed by atoms with Crippen LogP contribution >= 0.6 is 0 Å². The summed E-state index contributed by atoms with van der Waals surface area (Å²) in [4.78, 5) is 12.0. The summed E-state index contributed by atoms with van der Waals surface area (Å²) in [5.41, 5.74) is -0.965. The second kappa shape index (κ2) is 3.92. The number of fused-ring (bicyclic) bond motifs is 2. The molecule has 2 bridgehead atoms. The number of ether oxygens (including phenoxy) is 1. The molecule has 1 aliphatic heterocycles. The van der Waals surface area contributed by atoms with Gasteiger partial charge >= 0.3 is 5.97 Å². The van der Waals surface area contributed by atoms with Gasteiger partial charge in [-0.05, 0) is 24.2 Å². The van der Waals surface area contributed by atoms with Crippen molar-refractivity contribution in [2.24, 2.45) is 0 Å². The highest BCUT2D eigenvalue weighted by molar-refractivity contribution is 6.74. The van der Waals surface area contributed by atoms with Crippen LogP contribution in [0.1, 0.15) is 27.2 Å². The third kappa shape index (κ3) is 2.04. The van der Waals surface area contributed by atoms with Gasteiger partial charge in [0.05, 0.1) is 0 Å². The zero-order valence-corrected chi connectivity index (χ0v) is 12.7. The Hall–Kier alpha value is -0.653. The van der Waals surface area contributed by atoms with E-state index in [1.807, 2.05) is 0 Å². The van der Waals surface area contributed by atoms with Gasteiger partial charge in [0.2, 0.25) is 0 Å². The number of esters is 1.